The minimum absolute atomic E-state index is 0.663. The third-order valence-corrected chi connectivity index (χ3v) is 5.28. The van der Waals surface area contributed by atoms with Crippen LogP contribution in [0.3, 0.4) is 0 Å². The third kappa shape index (κ3) is 6.26. The van der Waals surface area contributed by atoms with Crippen LogP contribution in [0.5, 0.6) is 5.75 Å². The van der Waals surface area contributed by atoms with Crippen molar-refractivity contribution in [2.75, 3.05) is 38.6 Å². The summed E-state index contributed by atoms with van der Waals surface area (Å²) in [5.74, 6) is 1.73. The fourth-order valence-electron chi connectivity index (χ4n) is 3.37. The van der Waals surface area contributed by atoms with E-state index in [0.29, 0.717) is 11.7 Å². The van der Waals surface area contributed by atoms with Crippen molar-refractivity contribution >= 4 is 23.0 Å². The van der Waals surface area contributed by atoms with E-state index in [1.165, 1.54) is 38.8 Å². The molecule has 1 fully saturated rings. The minimum atomic E-state index is 0.663. The van der Waals surface area contributed by atoms with Gasteiger partial charge in [-0.25, -0.2) is 0 Å². The van der Waals surface area contributed by atoms with Crippen molar-refractivity contribution in [3.63, 3.8) is 0 Å². The topological polar surface area (TPSA) is 40.9 Å². The number of hydrogen-bond acceptors (Lipinski definition) is 4. The van der Waals surface area contributed by atoms with Crippen LogP contribution >= 0.6 is 12.2 Å². The molecule has 1 aliphatic rings. The van der Waals surface area contributed by atoms with Crippen LogP contribution in [0.25, 0.3) is 0 Å². The van der Waals surface area contributed by atoms with Crippen LogP contribution in [-0.4, -0.2) is 48.2 Å². The molecule has 0 aliphatic carbocycles. The van der Waals surface area contributed by atoms with Gasteiger partial charge in [-0.05, 0) is 62.4 Å². The molecule has 6 heteroatoms. The lowest BCUT2D eigenvalue weighted by Gasteiger charge is -2.28. The summed E-state index contributed by atoms with van der Waals surface area (Å²) < 4.78 is 10.9. The Hall–Kier alpha value is -2.05. The Labute approximate surface area is 167 Å². The van der Waals surface area contributed by atoms with E-state index >= 15 is 0 Å². The number of methoxy groups -OCH3 is 1. The Balaban J connectivity index is 1.63. The number of rotatable bonds is 7. The average molecular weight is 388 g/mol. The summed E-state index contributed by atoms with van der Waals surface area (Å²) in [4.78, 5) is 4.73. The summed E-state index contributed by atoms with van der Waals surface area (Å²) in [6.07, 6.45) is 7.00. The number of furan rings is 1. The molecule has 0 unspecified atom stereocenters. The lowest BCUT2D eigenvalue weighted by atomic mass is 10.2. The van der Waals surface area contributed by atoms with E-state index in [1.54, 1.807) is 13.4 Å². The highest BCUT2D eigenvalue weighted by Crippen LogP contribution is 2.18. The van der Waals surface area contributed by atoms with Gasteiger partial charge in [-0.1, -0.05) is 18.9 Å². The van der Waals surface area contributed by atoms with Gasteiger partial charge in [0.1, 0.15) is 11.5 Å². The van der Waals surface area contributed by atoms with Crippen LogP contribution in [0.15, 0.2) is 47.1 Å². The first-order valence-corrected chi connectivity index (χ1v) is 10.1. The average Bonchev–Trinajstić information content (AvgIpc) is 3.06. The van der Waals surface area contributed by atoms with Crippen molar-refractivity contribution in [1.29, 1.82) is 0 Å². The van der Waals surface area contributed by atoms with Gasteiger partial charge < -0.3 is 24.3 Å². The van der Waals surface area contributed by atoms with Crippen molar-refractivity contribution in [3.8, 4) is 5.75 Å². The highest BCUT2D eigenvalue weighted by atomic mass is 32.1. The predicted molar refractivity (Wildman–Crippen MR) is 113 cm³/mol. The van der Waals surface area contributed by atoms with Gasteiger partial charge in [-0.15, -0.1) is 0 Å². The van der Waals surface area contributed by atoms with Gasteiger partial charge in [-0.2, -0.15) is 0 Å². The second-order valence-electron chi connectivity index (χ2n) is 6.92. The zero-order valence-corrected chi connectivity index (χ0v) is 16.8. The number of anilines is 1. The number of hydrogen-bond donors (Lipinski definition) is 1. The largest absolute Gasteiger partial charge is 0.497 e. The fourth-order valence-corrected chi connectivity index (χ4v) is 3.64. The van der Waals surface area contributed by atoms with E-state index in [0.717, 1.165) is 30.3 Å². The van der Waals surface area contributed by atoms with Gasteiger partial charge in [0.15, 0.2) is 5.11 Å². The summed E-state index contributed by atoms with van der Waals surface area (Å²) in [5.41, 5.74) is 0.929. The highest BCUT2D eigenvalue weighted by molar-refractivity contribution is 7.80. The van der Waals surface area contributed by atoms with Crippen LogP contribution in [0.2, 0.25) is 0 Å². The molecule has 2 aromatic rings. The van der Waals surface area contributed by atoms with Crippen molar-refractivity contribution in [1.82, 2.24) is 9.80 Å². The minimum Gasteiger partial charge on any atom is -0.497 e. The van der Waals surface area contributed by atoms with E-state index in [1.807, 2.05) is 36.4 Å². The van der Waals surface area contributed by atoms with Crippen LogP contribution in [0.4, 0.5) is 5.69 Å². The maximum atomic E-state index is 5.72. The maximum absolute atomic E-state index is 5.72. The van der Waals surface area contributed by atoms with Crippen LogP contribution in [0, 0.1) is 0 Å². The van der Waals surface area contributed by atoms with Gasteiger partial charge in [0, 0.05) is 24.8 Å². The predicted octanol–water partition coefficient (Wildman–Crippen LogP) is 4.36. The van der Waals surface area contributed by atoms with Crippen LogP contribution in [0.1, 0.15) is 31.4 Å². The molecule has 1 aromatic carbocycles. The molecule has 1 N–H and O–H groups in total. The molecule has 0 spiro atoms. The monoisotopic (exact) mass is 387 g/mol. The number of nitrogens with zero attached hydrogens (tertiary/aromatic N) is 2. The molecule has 1 aliphatic heterocycles. The summed E-state index contributed by atoms with van der Waals surface area (Å²) in [5, 5.41) is 4.05. The molecule has 27 heavy (non-hydrogen) atoms. The normalized spacial score (nSPS) is 15.1. The molecule has 0 bridgehead atoms. The SMILES string of the molecule is COc1cccc(NC(=S)N(CCN2CCCCCC2)Cc2ccco2)c1. The Morgan fingerprint density at radius 3 is 2.70 bits per heavy atom. The summed E-state index contributed by atoms with van der Waals surface area (Å²) in [6.45, 7) is 4.92. The summed E-state index contributed by atoms with van der Waals surface area (Å²) in [7, 11) is 1.67. The van der Waals surface area contributed by atoms with Gasteiger partial charge in [0.2, 0.25) is 0 Å². The molecule has 0 amide bonds. The summed E-state index contributed by atoms with van der Waals surface area (Å²) in [6, 6.07) is 11.7. The molecule has 0 radical (unpaired) electrons. The molecule has 5 nitrogen and oxygen atoms in total. The van der Waals surface area contributed by atoms with Gasteiger partial charge >= 0.3 is 0 Å². The van der Waals surface area contributed by atoms with Crippen molar-refractivity contribution in [3.05, 3.63) is 48.4 Å². The van der Waals surface area contributed by atoms with Gasteiger partial charge in [-0.3, -0.25) is 0 Å². The second kappa shape index (κ2) is 10.3. The van der Waals surface area contributed by atoms with E-state index in [-0.39, 0.29) is 0 Å². The second-order valence-corrected chi connectivity index (χ2v) is 7.31. The van der Waals surface area contributed by atoms with Crippen LogP contribution < -0.4 is 10.1 Å². The van der Waals surface area contributed by atoms with E-state index in [9.17, 15) is 0 Å². The van der Waals surface area contributed by atoms with Crippen molar-refractivity contribution in [2.24, 2.45) is 0 Å². The lowest BCUT2D eigenvalue weighted by molar-refractivity contribution is 0.247. The number of thiocarbonyl (C=S) groups is 1. The molecule has 0 saturated carbocycles. The van der Waals surface area contributed by atoms with Gasteiger partial charge in [0.25, 0.3) is 0 Å². The Kier molecular flexibility index (Phi) is 7.54. The van der Waals surface area contributed by atoms with E-state index in [4.69, 9.17) is 21.4 Å². The maximum Gasteiger partial charge on any atom is 0.173 e. The molecule has 146 valence electrons. The summed E-state index contributed by atoms with van der Waals surface area (Å²) >= 11 is 5.72. The van der Waals surface area contributed by atoms with Crippen molar-refractivity contribution in [2.45, 2.75) is 32.2 Å². The third-order valence-electron chi connectivity index (χ3n) is 4.92. The zero-order chi connectivity index (χ0) is 18.9. The van der Waals surface area contributed by atoms with Crippen molar-refractivity contribution < 1.29 is 9.15 Å². The fraction of sp³-hybridized carbons (Fsp3) is 0.476. The molecule has 1 saturated heterocycles. The molecular weight excluding hydrogens is 358 g/mol. The molecular formula is C21H29N3O2S. The quantitative estimate of drug-likeness (QED) is 0.712. The number of benzene rings is 1. The highest BCUT2D eigenvalue weighted by Gasteiger charge is 2.15. The molecule has 2 heterocycles. The first-order chi connectivity index (χ1) is 13.2. The van der Waals surface area contributed by atoms with E-state index < -0.39 is 0 Å². The van der Waals surface area contributed by atoms with E-state index in [2.05, 4.69) is 15.1 Å². The zero-order valence-electron chi connectivity index (χ0n) is 16.0. The first kappa shape index (κ1) is 19.7. The number of likely N-dealkylation sites (tertiary alicyclic amines) is 1. The van der Waals surface area contributed by atoms with Crippen LogP contribution in [-0.2, 0) is 6.54 Å². The standard InChI is InChI=1S/C21H29N3O2S/c1-25-19-9-6-8-18(16-19)22-21(27)24(17-20-10-7-15-26-20)14-13-23-11-4-2-3-5-12-23/h6-10,15-16H,2-5,11-14,17H2,1H3,(H,22,27). The first-order valence-electron chi connectivity index (χ1n) is 9.69. The Bertz CT molecular complexity index is 697. The number of nitrogens with one attached hydrogen (secondary N) is 1. The van der Waals surface area contributed by atoms with Gasteiger partial charge in [0.05, 0.1) is 19.9 Å². The molecule has 1 aromatic heterocycles. The lowest BCUT2D eigenvalue weighted by Crippen LogP contribution is -2.40. The molecule has 0 atom stereocenters. The smallest absolute Gasteiger partial charge is 0.173 e. The number of ether oxygens (including phenoxy) is 1. The molecule has 3 rings (SSSR count). The Morgan fingerprint density at radius 2 is 2.00 bits per heavy atom. The Morgan fingerprint density at radius 1 is 1.19 bits per heavy atom.